The van der Waals surface area contributed by atoms with Crippen molar-refractivity contribution in [2.45, 2.75) is 57.0 Å². The van der Waals surface area contributed by atoms with Gasteiger partial charge in [-0.1, -0.05) is 27.2 Å². The molecule has 0 saturated heterocycles. The predicted molar refractivity (Wildman–Crippen MR) is 59.2 cm³/mol. The first-order valence-electron chi connectivity index (χ1n) is 5.29. The molecule has 0 radical (unpaired) electrons. The fraction of sp³-hybridized carbons (Fsp3) is 0.909. The van der Waals surface area contributed by atoms with Crippen LogP contribution in [-0.2, 0) is 4.79 Å². The average molecular weight is 200 g/mol. The van der Waals surface area contributed by atoms with Gasteiger partial charge in [0.15, 0.2) is 0 Å². The summed E-state index contributed by atoms with van der Waals surface area (Å²) in [5.41, 5.74) is 0. The molecule has 1 nitrogen and oxygen atoms in total. The van der Waals surface area contributed by atoms with Gasteiger partial charge in [0.05, 0.1) is 5.25 Å². The Morgan fingerprint density at radius 3 is 2.54 bits per heavy atom. The third-order valence-electron chi connectivity index (χ3n) is 2.82. The van der Waals surface area contributed by atoms with Gasteiger partial charge in [0.2, 0.25) is 0 Å². The van der Waals surface area contributed by atoms with Crippen molar-refractivity contribution in [2.24, 2.45) is 5.92 Å². The monoisotopic (exact) mass is 200 g/mol. The van der Waals surface area contributed by atoms with E-state index < -0.39 is 0 Å². The van der Waals surface area contributed by atoms with Crippen LogP contribution in [0.25, 0.3) is 0 Å². The number of hydrogen-bond donors (Lipinski definition) is 0. The summed E-state index contributed by atoms with van der Waals surface area (Å²) in [6.07, 6.45) is 4.29. The van der Waals surface area contributed by atoms with Crippen molar-refractivity contribution in [3.8, 4) is 0 Å². The van der Waals surface area contributed by atoms with Crippen LogP contribution >= 0.6 is 11.8 Å². The molecule has 1 saturated carbocycles. The molecule has 1 aliphatic rings. The van der Waals surface area contributed by atoms with Crippen LogP contribution in [0.3, 0.4) is 0 Å². The third-order valence-corrected chi connectivity index (χ3v) is 4.62. The van der Waals surface area contributed by atoms with Gasteiger partial charge in [0, 0.05) is 11.7 Å². The molecule has 0 aliphatic heterocycles. The number of carbonyl (C=O) groups is 1. The van der Waals surface area contributed by atoms with Gasteiger partial charge in [-0.05, 0) is 18.8 Å². The van der Waals surface area contributed by atoms with E-state index in [9.17, 15) is 4.79 Å². The summed E-state index contributed by atoms with van der Waals surface area (Å²) in [6.45, 7) is 6.69. The van der Waals surface area contributed by atoms with Gasteiger partial charge in [0.1, 0.15) is 5.78 Å². The highest BCUT2D eigenvalue weighted by atomic mass is 32.2. The number of rotatable bonds is 3. The lowest BCUT2D eigenvalue weighted by Crippen LogP contribution is -2.24. The topological polar surface area (TPSA) is 17.1 Å². The molecule has 2 heteroatoms. The lowest BCUT2D eigenvalue weighted by Gasteiger charge is -2.24. The van der Waals surface area contributed by atoms with E-state index >= 15 is 0 Å². The highest BCUT2D eigenvalue weighted by Gasteiger charge is 2.25. The lowest BCUT2D eigenvalue weighted by atomic mass is 9.99. The van der Waals surface area contributed by atoms with Crippen molar-refractivity contribution in [3.05, 3.63) is 0 Å². The van der Waals surface area contributed by atoms with E-state index in [1.54, 1.807) is 0 Å². The number of ketones is 1. The van der Waals surface area contributed by atoms with Crippen LogP contribution < -0.4 is 0 Å². The number of thioether (sulfide) groups is 1. The SMILES string of the molecule is CC(C)C(C)SC1CCCCC1=O. The molecule has 0 amide bonds. The Kier molecular flexibility index (Phi) is 4.30. The molecule has 0 N–H and O–H groups in total. The van der Waals surface area contributed by atoms with Crippen molar-refractivity contribution in [1.29, 1.82) is 0 Å². The van der Waals surface area contributed by atoms with Gasteiger partial charge in [-0.15, -0.1) is 11.8 Å². The lowest BCUT2D eigenvalue weighted by molar-refractivity contribution is -0.119. The molecule has 1 aliphatic carbocycles. The molecule has 1 fully saturated rings. The quantitative estimate of drug-likeness (QED) is 0.695. The summed E-state index contributed by atoms with van der Waals surface area (Å²) in [5, 5.41) is 0.929. The van der Waals surface area contributed by atoms with E-state index in [-0.39, 0.29) is 0 Å². The van der Waals surface area contributed by atoms with Gasteiger partial charge < -0.3 is 0 Å². The van der Waals surface area contributed by atoms with Crippen LogP contribution in [0.1, 0.15) is 46.5 Å². The van der Waals surface area contributed by atoms with Crippen LogP contribution in [-0.4, -0.2) is 16.3 Å². The first kappa shape index (κ1) is 11.1. The summed E-state index contributed by atoms with van der Waals surface area (Å²) in [5.74, 6) is 1.17. The molecular weight excluding hydrogens is 180 g/mol. The summed E-state index contributed by atoms with van der Waals surface area (Å²) in [4.78, 5) is 11.5. The van der Waals surface area contributed by atoms with Crippen LogP contribution in [0.4, 0.5) is 0 Å². The molecule has 0 bridgehead atoms. The number of carbonyl (C=O) groups excluding carboxylic acids is 1. The van der Waals surface area contributed by atoms with Crippen LogP contribution in [0, 0.1) is 5.92 Å². The Labute approximate surface area is 85.7 Å². The third kappa shape index (κ3) is 3.34. The van der Waals surface area contributed by atoms with Gasteiger partial charge >= 0.3 is 0 Å². The minimum Gasteiger partial charge on any atom is -0.298 e. The Hall–Kier alpha value is 0.0200. The van der Waals surface area contributed by atoms with Crippen molar-refractivity contribution in [1.82, 2.24) is 0 Å². The zero-order chi connectivity index (χ0) is 9.84. The number of hydrogen-bond acceptors (Lipinski definition) is 2. The van der Waals surface area contributed by atoms with Gasteiger partial charge in [-0.25, -0.2) is 0 Å². The maximum absolute atomic E-state index is 11.5. The fourth-order valence-corrected chi connectivity index (χ4v) is 2.92. The van der Waals surface area contributed by atoms with E-state index in [1.165, 1.54) is 6.42 Å². The van der Waals surface area contributed by atoms with E-state index in [0.29, 0.717) is 22.2 Å². The molecule has 13 heavy (non-hydrogen) atoms. The van der Waals surface area contributed by atoms with Gasteiger partial charge in [-0.3, -0.25) is 4.79 Å². The second-order valence-electron chi connectivity index (χ2n) is 4.29. The molecule has 0 aromatic carbocycles. The normalized spacial score (nSPS) is 26.5. The average Bonchev–Trinajstić information content (AvgIpc) is 2.08. The molecule has 76 valence electrons. The minimum absolute atomic E-state index is 0.311. The molecular formula is C11H20OS. The van der Waals surface area contributed by atoms with Crippen LogP contribution in [0.15, 0.2) is 0 Å². The smallest absolute Gasteiger partial charge is 0.145 e. The van der Waals surface area contributed by atoms with E-state index in [2.05, 4.69) is 20.8 Å². The van der Waals surface area contributed by atoms with E-state index in [0.717, 1.165) is 19.3 Å². The van der Waals surface area contributed by atoms with Gasteiger partial charge in [0.25, 0.3) is 0 Å². The molecule has 0 heterocycles. The van der Waals surface area contributed by atoms with E-state index in [4.69, 9.17) is 0 Å². The predicted octanol–water partition coefficient (Wildman–Crippen LogP) is 3.28. The van der Waals surface area contributed by atoms with Gasteiger partial charge in [-0.2, -0.15) is 0 Å². The largest absolute Gasteiger partial charge is 0.298 e. The Bertz CT molecular complexity index is 177. The molecule has 2 atom stereocenters. The highest BCUT2D eigenvalue weighted by Crippen LogP contribution is 2.31. The maximum atomic E-state index is 11.5. The van der Waals surface area contributed by atoms with Crippen molar-refractivity contribution in [2.75, 3.05) is 0 Å². The summed E-state index contributed by atoms with van der Waals surface area (Å²) in [7, 11) is 0. The van der Waals surface area contributed by atoms with Crippen LogP contribution in [0.2, 0.25) is 0 Å². The molecule has 2 unspecified atom stereocenters. The highest BCUT2D eigenvalue weighted by molar-refractivity contribution is 8.01. The first-order valence-corrected chi connectivity index (χ1v) is 6.23. The zero-order valence-corrected chi connectivity index (χ0v) is 9.69. The van der Waals surface area contributed by atoms with Crippen molar-refractivity contribution >= 4 is 17.5 Å². The zero-order valence-electron chi connectivity index (χ0n) is 8.88. The maximum Gasteiger partial charge on any atom is 0.145 e. The first-order chi connectivity index (χ1) is 6.11. The second kappa shape index (κ2) is 5.04. The summed E-state index contributed by atoms with van der Waals surface area (Å²) < 4.78 is 0. The summed E-state index contributed by atoms with van der Waals surface area (Å²) >= 11 is 1.89. The van der Waals surface area contributed by atoms with Crippen molar-refractivity contribution < 1.29 is 4.79 Å². The summed E-state index contributed by atoms with van der Waals surface area (Å²) in [6, 6.07) is 0. The molecule has 1 rings (SSSR count). The van der Waals surface area contributed by atoms with Crippen LogP contribution in [0.5, 0.6) is 0 Å². The standard InChI is InChI=1S/C11H20OS/c1-8(2)9(3)13-11-7-5-4-6-10(11)12/h8-9,11H,4-7H2,1-3H3. The number of Topliss-reactive ketones (excluding diaryl/α,β-unsaturated/α-hetero) is 1. The molecule has 0 spiro atoms. The molecule has 0 aromatic heterocycles. The Balaban J connectivity index is 2.38. The Morgan fingerprint density at radius 1 is 1.31 bits per heavy atom. The molecule has 0 aromatic rings. The van der Waals surface area contributed by atoms with E-state index in [1.807, 2.05) is 11.8 Å². The minimum atomic E-state index is 0.311. The van der Waals surface area contributed by atoms with Crippen molar-refractivity contribution in [3.63, 3.8) is 0 Å². The Morgan fingerprint density at radius 2 is 2.00 bits per heavy atom. The fourth-order valence-electron chi connectivity index (χ4n) is 1.51. The second-order valence-corrected chi connectivity index (χ2v) is 5.87.